The maximum Gasteiger partial charge on any atom is 0.0595 e. The zero-order valence-electron chi connectivity index (χ0n) is 12.7. The van der Waals surface area contributed by atoms with Gasteiger partial charge in [0.05, 0.1) is 10.0 Å². The standard InChI is InChI=1S/C17H25Cl2N/c1-12(2)10-20-11-17(8-4-5-13(17)3)14-6-7-15(18)16(19)9-14/h6-7,9,12-13,20H,4-5,8,10-11H2,1-3H3. The first kappa shape index (κ1) is 16.1. The van der Waals surface area contributed by atoms with E-state index in [1.54, 1.807) is 0 Å². The van der Waals surface area contributed by atoms with Crippen molar-refractivity contribution in [1.29, 1.82) is 0 Å². The second-order valence-electron chi connectivity index (χ2n) is 6.60. The first-order valence-electron chi connectivity index (χ1n) is 7.62. The lowest BCUT2D eigenvalue weighted by molar-refractivity contribution is 0.312. The Morgan fingerprint density at radius 3 is 2.60 bits per heavy atom. The van der Waals surface area contributed by atoms with Crippen molar-refractivity contribution >= 4 is 23.2 Å². The highest BCUT2D eigenvalue weighted by molar-refractivity contribution is 6.42. The summed E-state index contributed by atoms with van der Waals surface area (Å²) in [5, 5.41) is 4.97. The largest absolute Gasteiger partial charge is 0.316 e. The highest BCUT2D eigenvalue weighted by Crippen LogP contribution is 2.46. The molecule has 20 heavy (non-hydrogen) atoms. The van der Waals surface area contributed by atoms with Crippen LogP contribution in [-0.2, 0) is 5.41 Å². The third-order valence-electron chi connectivity index (χ3n) is 4.69. The van der Waals surface area contributed by atoms with Gasteiger partial charge in [0.1, 0.15) is 0 Å². The molecule has 0 aromatic heterocycles. The van der Waals surface area contributed by atoms with Gasteiger partial charge in [-0.05, 0) is 48.9 Å². The molecule has 2 atom stereocenters. The van der Waals surface area contributed by atoms with Gasteiger partial charge in [-0.2, -0.15) is 0 Å². The Hall–Kier alpha value is -0.240. The van der Waals surface area contributed by atoms with E-state index in [4.69, 9.17) is 23.2 Å². The molecule has 1 aromatic rings. The second kappa shape index (κ2) is 6.68. The summed E-state index contributed by atoms with van der Waals surface area (Å²) >= 11 is 12.3. The van der Waals surface area contributed by atoms with Gasteiger partial charge in [0, 0.05) is 12.0 Å². The molecule has 1 N–H and O–H groups in total. The number of rotatable bonds is 5. The Morgan fingerprint density at radius 1 is 1.30 bits per heavy atom. The van der Waals surface area contributed by atoms with E-state index in [0.717, 1.165) is 13.1 Å². The molecule has 2 rings (SSSR count). The zero-order valence-corrected chi connectivity index (χ0v) is 14.2. The molecule has 1 saturated carbocycles. The normalized spacial score (nSPS) is 26.4. The number of nitrogens with one attached hydrogen (secondary N) is 1. The Morgan fingerprint density at radius 2 is 2.05 bits per heavy atom. The third kappa shape index (κ3) is 3.32. The molecule has 2 unspecified atom stereocenters. The molecule has 1 nitrogen and oxygen atoms in total. The molecule has 0 aliphatic heterocycles. The van der Waals surface area contributed by atoms with E-state index in [-0.39, 0.29) is 5.41 Å². The first-order valence-corrected chi connectivity index (χ1v) is 8.37. The van der Waals surface area contributed by atoms with Crippen LogP contribution < -0.4 is 5.32 Å². The summed E-state index contributed by atoms with van der Waals surface area (Å²) in [6, 6.07) is 6.17. The van der Waals surface area contributed by atoms with E-state index in [1.165, 1.54) is 24.8 Å². The minimum atomic E-state index is 0.211. The number of hydrogen-bond donors (Lipinski definition) is 1. The van der Waals surface area contributed by atoms with Gasteiger partial charge in [0.15, 0.2) is 0 Å². The predicted octanol–water partition coefficient (Wildman–Crippen LogP) is 5.30. The lowest BCUT2D eigenvalue weighted by Crippen LogP contribution is -2.41. The highest BCUT2D eigenvalue weighted by atomic mass is 35.5. The summed E-state index contributed by atoms with van der Waals surface area (Å²) in [5.74, 6) is 1.36. The average molecular weight is 314 g/mol. The number of benzene rings is 1. The van der Waals surface area contributed by atoms with Gasteiger partial charge in [-0.3, -0.25) is 0 Å². The van der Waals surface area contributed by atoms with E-state index in [1.807, 2.05) is 6.07 Å². The van der Waals surface area contributed by atoms with Crippen LogP contribution in [0.1, 0.15) is 45.6 Å². The van der Waals surface area contributed by atoms with Crippen LogP contribution in [-0.4, -0.2) is 13.1 Å². The van der Waals surface area contributed by atoms with Crippen LogP contribution in [0.15, 0.2) is 18.2 Å². The van der Waals surface area contributed by atoms with Gasteiger partial charge in [-0.15, -0.1) is 0 Å². The van der Waals surface area contributed by atoms with Crippen LogP contribution in [0.4, 0.5) is 0 Å². The van der Waals surface area contributed by atoms with Crippen molar-refractivity contribution in [2.24, 2.45) is 11.8 Å². The van der Waals surface area contributed by atoms with E-state index in [9.17, 15) is 0 Å². The van der Waals surface area contributed by atoms with Gasteiger partial charge in [0.25, 0.3) is 0 Å². The van der Waals surface area contributed by atoms with E-state index < -0.39 is 0 Å². The molecule has 1 aliphatic rings. The molecular formula is C17H25Cl2N. The van der Waals surface area contributed by atoms with Crippen LogP contribution >= 0.6 is 23.2 Å². The Kier molecular flexibility index (Phi) is 5.39. The smallest absolute Gasteiger partial charge is 0.0595 e. The van der Waals surface area contributed by atoms with Crippen LogP contribution in [0.2, 0.25) is 10.0 Å². The molecule has 1 aliphatic carbocycles. The average Bonchev–Trinajstić information content (AvgIpc) is 2.75. The lowest BCUT2D eigenvalue weighted by atomic mass is 9.73. The van der Waals surface area contributed by atoms with Gasteiger partial charge in [-0.25, -0.2) is 0 Å². The summed E-state index contributed by atoms with van der Waals surface area (Å²) in [6.07, 6.45) is 3.82. The van der Waals surface area contributed by atoms with Crippen molar-refractivity contribution in [3.8, 4) is 0 Å². The van der Waals surface area contributed by atoms with Crippen molar-refractivity contribution in [1.82, 2.24) is 5.32 Å². The fourth-order valence-corrected chi connectivity index (χ4v) is 3.73. The molecule has 1 fully saturated rings. The second-order valence-corrected chi connectivity index (χ2v) is 7.42. The molecule has 112 valence electrons. The summed E-state index contributed by atoms with van der Waals surface area (Å²) < 4.78 is 0. The summed E-state index contributed by atoms with van der Waals surface area (Å²) in [5.41, 5.74) is 1.55. The van der Waals surface area contributed by atoms with Crippen LogP contribution in [0.3, 0.4) is 0 Å². The molecule has 0 amide bonds. The van der Waals surface area contributed by atoms with Crippen LogP contribution in [0.25, 0.3) is 0 Å². The molecule has 1 aromatic carbocycles. The van der Waals surface area contributed by atoms with Crippen molar-refractivity contribution in [2.45, 2.75) is 45.4 Å². The highest BCUT2D eigenvalue weighted by Gasteiger charge is 2.41. The van der Waals surface area contributed by atoms with Crippen molar-refractivity contribution < 1.29 is 0 Å². The lowest BCUT2D eigenvalue weighted by Gasteiger charge is -2.35. The number of hydrogen-bond acceptors (Lipinski definition) is 1. The third-order valence-corrected chi connectivity index (χ3v) is 5.43. The topological polar surface area (TPSA) is 12.0 Å². The Bertz CT molecular complexity index is 458. The minimum Gasteiger partial charge on any atom is -0.316 e. The van der Waals surface area contributed by atoms with Crippen molar-refractivity contribution in [3.05, 3.63) is 33.8 Å². The Balaban J connectivity index is 2.24. The SMILES string of the molecule is CC(C)CNCC1(c2ccc(Cl)c(Cl)c2)CCCC1C. The monoisotopic (exact) mass is 313 g/mol. The molecule has 0 bridgehead atoms. The van der Waals surface area contributed by atoms with Crippen molar-refractivity contribution in [3.63, 3.8) is 0 Å². The fraction of sp³-hybridized carbons (Fsp3) is 0.647. The molecule has 0 saturated heterocycles. The summed E-state index contributed by atoms with van der Waals surface area (Å²) in [4.78, 5) is 0. The van der Waals surface area contributed by atoms with E-state index >= 15 is 0 Å². The summed E-state index contributed by atoms with van der Waals surface area (Å²) in [6.45, 7) is 8.96. The predicted molar refractivity (Wildman–Crippen MR) is 88.9 cm³/mol. The Labute approximate surface area is 133 Å². The molecule has 0 heterocycles. The van der Waals surface area contributed by atoms with E-state index in [0.29, 0.717) is 21.9 Å². The van der Waals surface area contributed by atoms with Crippen LogP contribution in [0, 0.1) is 11.8 Å². The quantitative estimate of drug-likeness (QED) is 0.778. The maximum atomic E-state index is 6.23. The van der Waals surface area contributed by atoms with Gasteiger partial charge in [-0.1, -0.05) is 56.5 Å². The molecule has 3 heteroatoms. The number of halogens is 2. The van der Waals surface area contributed by atoms with Gasteiger partial charge >= 0.3 is 0 Å². The molecule has 0 radical (unpaired) electrons. The van der Waals surface area contributed by atoms with Gasteiger partial charge < -0.3 is 5.32 Å². The molecular weight excluding hydrogens is 289 g/mol. The van der Waals surface area contributed by atoms with Crippen LogP contribution in [0.5, 0.6) is 0 Å². The molecule has 0 spiro atoms. The first-order chi connectivity index (χ1) is 9.45. The van der Waals surface area contributed by atoms with E-state index in [2.05, 4.69) is 38.2 Å². The summed E-state index contributed by atoms with van der Waals surface area (Å²) in [7, 11) is 0. The maximum absolute atomic E-state index is 6.23. The fourth-order valence-electron chi connectivity index (χ4n) is 3.43. The van der Waals surface area contributed by atoms with Crippen molar-refractivity contribution in [2.75, 3.05) is 13.1 Å². The zero-order chi connectivity index (χ0) is 14.8. The minimum absolute atomic E-state index is 0.211. The van der Waals surface area contributed by atoms with Gasteiger partial charge in [0.2, 0.25) is 0 Å².